The predicted molar refractivity (Wildman–Crippen MR) is 83.5 cm³/mol. The van der Waals surface area contributed by atoms with Crippen LogP contribution in [0, 0.1) is 11.8 Å². The second kappa shape index (κ2) is 6.55. The molecule has 5 heteroatoms. The molecule has 0 saturated heterocycles. The van der Waals surface area contributed by atoms with Crippen molar-refractivity contribution in [3.63, 3.8) is 0 Å². The van der Waals surface area contributed by atoms with Gasteiger partial charge in [-0.25, -0.2) is 4.98 Å². The summed E-state index contributed by atoms with van der Waals surface area (Å²) in [5.74, 6) is 3.00. The molecule has 0 aromatic carbocycles. The molecule has 1 heterocycles. The van der Waals surface area contributed by atoms with E-state index in [2.05, 4.69) is 50.4 Å². The van der Waals surface area contributed by atoms with E-state index in [9.17, 15) is 0 Å². The standard InChI is InChI=1S/C14H23BrN4/c1-9(2)10-6-4-5-7-12(10)18-13-11(15)8-17-14(16-3)19-13/h8-10,12H,4-7H2,1-3H3,(H2,16,17,18,19). The first kappa shape index (κ1) is 14.6. The van der Waals surface area contributed by atoms with Gasteiger partial charge in [0.15, 0.2) is 0 Å². The molecule has 0 spiro atoms. The summed E-state index contributed by atoms with van der Waals surface area (Å²) < 4.78 is 0.930. The SMILES string of the molecule is CNc1ncc(Br)c(NC2CCCCC2C(C)C)n1. The zero-order chi connectivity index (χ0) is 13.8. The molecule has 1 fully saturated rings. The van der Waals surface area contributed by atoms with Crippen molar-refractivity contribution in [2.45, 2.75) is 45.6 Å². The Kier molecular flexibility index (Phi) is 5.02. The Morgan fingerprint density at radius 2 is 2.05 bits per heavy atom. The third-order valence-corrected chi connectivity index (χ3v) is 4.55. The van der Waals surface area contributed by atoms with E-state index in [1.54, 1.807) is 6.20 Å². The first-order valence-electron chi connectivity index (χ1n) is 7.08. The number of halogens is 1. The predicted octanol–water partition coefficient (Wildman–Crippen LogP) is 3.91. The molecule has 2 rings (SSSR count). The van der Waals surface area contributed by atoms with Gasteiger partial charge in [0.1, 0.15) is 5.82 Å². The molecule has 1 aromatic heterocycles. The van der Waals surface area contributed by atoms with Gasteiger partial charge in [-0.3, -0.25) is 0 Å². The highest BCUT2D eigenvalue weighted by Crippen LogP contribution is 2.33. The van der Waals surface area contributed by atoms with Crippen molar-refractivity contribution in [3.05, 3.63) is 10.7 Å². The third kappa shape index (κ3) is 3.59. The Bertz CT molecular complexity index is 422. The Morgan fingerprint density at radius 1 is 1.32 bits per heavy atom. The quantitative estimate of drug-likeness (QED) is 0.880. The van der Waals surface area contributed by atoms with Crippen molar-refractivity contribution in [1.82, 2.24) is 9.97 Å². The van der Waals surface area contributed by atoms with Gasteiger partial charge in [-0.15, -0.1) is 0 Å². The highest BCUT2D eigenvalue weighted by Gasteiger charge is 2.28. The number of aromatic nitrogens is 2. The first-order valence-corrected chi connectivity index (χ1v) is 7.88. The zero-order valence-corrected chi connectivity index (χ0v) is 13.5. The molecule has 2 N–H and O–H groups in total. The summed E-state index contributed by atoms with van der Waals surface area (Å²) in [6.45, 7) is 4.64. The Morgan fingerprint density at radius 3 is 2.74 bits per heavy atom. The maximum atomic E-state index is 4.50. The molecule has 4 nitrogen and oxygen atoms in total. The second-order valence-electron chi connectivity index (χ2n) is 5.58. The molecule has 19 heavy (non-hydrogen) atoms. The van der Waals surface area contributed by atoms with Crippen LogP contribution in [0.15, 0.2) is 10.7 Å². The highest BCUT2D eigenvalue weighted by atomic mass is 79.9. The molecule has 1 saturated carbocycles. The molecular weight excluding hydrogens is 304 g/mol. The lowest BCUT2D eigenvalue weighted by Gasteiger charge is -2.35. The summed E-state index contributed by atoms with van der Waals surface area (Å²) >= 11 is 3.53. The van der Waals surface area contributed by atoms with Crippen LogP contribution in [0.5, 0.6) is 0 Å². The fraction of sp³-hybridized carbons (Fsp3) is 0.714. The van der Waals surface area contributed by atoms with Crippen molar-refractivity contribution in [1.29, 1.82) is 0 Å². The van der Waals surface area contributed by atoms with Gasteiger partial charge in [0.25, 0.3) is 0 Å². The third-order valence-electron chi connectivity index (χ3n) is 3.97. The van der Waals surface area contributed by atoms with E-state index in [0.29, 0.717) is 17.9 Å². The smallest absolute Gasteiger partial charge is 0.224 e. The lowest BCUT2D eigenvalue weighted by Crippen LogP contribution is -2.35. The first-order chi connectivity index (χ1) is 9.11. The number of hydrogen-bond donors (Lipinski definition) is 2. The van der Waals surface area contributed by atoms with Crippen LogP contribution >= 0.6 is 15.9 Å². The van der Waals surface area contributed by atoms with E-state index in [1.165, 1.54) is 25.7 Å². The molecule has 0 radical (unpaired) electrons. The van der Waals surface area contributed by atoms with E-state index in [1.807, 2.05) is 7.05 Å². The molecule has 2 unspecified atom stereocenters. The van der Waals surface area contributed by atoms with Gasteiger partial charge in [-0.1, -0.05) is 26.7 Å². The van der Waals surface area contributed by atoms with Crippen LogP contribution < -0.4 is 10.6 Å². The summed E-state index contributed by atoms with van der Waals surface area (Å²) in [5.41, 5.74) is 0. The van der Waals surface area contributed by atoms with Crippen LogP contribution in [-0.4, -0.2) is 23.1 Å². The number of rotatable bonds is 4. The summed E-state index contributed by atoms with van der Waals surface area (Å²) in [7, 11) is 1.84. The minimum Gasteiger partial charge on any atom is -0.366 e. The Hall–Kier alpha value is -0.840. The van der Waals surface area contributed by atoms with Crippen LogP contribution in [0.3, 0.4) is 0 Å². The van der Waals surface area contributed by atoms with Crippen LogP contribution in [0.2, 0.25) is 0 Å². The molecular formula is C14H23BrN4. The van der Waals surface area contributed by atoms with E-state index >= 15 is 0 Å². The molecule has 1 aromatic rings. The maximum absolute atomic E-state index is 4.50. The van der Waals surface area contributed by atoms with Gasteiger partial charge in [0.2, 0.25) is 5.95 Å². The normalized spacial score (nSPS) is 23.4. The van der Waals surface area contributed by atoms with Gasteiger partial charge in [-0.2, -0.15) is 4.98 Å². The second-order valence-corrected chi connectivity index (χ2v) is 6.44. The summed E-state index contributed by atoms with van der Waals surface area (Å²) in [6, 6.07) is 0.518. The van der Waals surface area contributed by atoms with E-state index in [0.717, 1.165) is 16.2 Å². The van der Waals surface area contributed by atoms with Crippen LogP contribution in [0.4, 0.5) is 11.8 Å². The summed E-state index contributed by atoms with van der Waals surface area (Å²) in [4.78, 5) is 8.69. The van der Waals surface area contributed by atoms with Gasteiger partial charge >= 0.3 is 0 Å². The minimum atomic E-state index is 0.518. The van der Waals surface area contributed by atoms with Gasteiger partial charge < -0.3 is 10.6 Å². The van der Waals surface area contributed by atoms with Crippen molar-refractivity contribution in [3.8, 4) is 0 Å². The van der Waals surface area contributed by atoms with Gasteiger partial charge in [-0.05, 0) is 40.6 Å². The summed E-state index contributed by atoms with van der Waals surface area (Å²) in [5, 5.41) is 6.60. The molecule has 2 atom stereocenters. The number of nitrogens with one attached hydrogen (secondary N) is 2. The topological polar surface area (TPSA) is 49.8 Å². The average Bonchev–Trinajstić information content (AvgIpc) is 2.41. The number of nitrogens with zero attached hydrogens (tertiary/aromatic N) is 2. The largest absolute Gasteiger partial charge is 0.366 e. The van der Waals surface area contributed by atoms with Crippen molar-refractivity contribution in [2.75, 3.05) is 17.7 Å². The number of hydrogen-bond acceptors (Lipinski definition) is 4. The van der Waals surface area contributed by atoms with Crippen molar-refractivity contribution >= 4 is 27.7 Å². The van der Waals surface area contributed by atoms with E-state index in [-0.39, 0.29) is 0 Å². The van der Waals surface area contributed by atoms with E-state index in [4.69, 9.17) is 0 Å². The van der Waals surface area contributed by atoms with Gasteiger partial charge in [0.05, 0.1) is 4.47 Å². The lowest BCUT2D eigenvalue weighted by molar-refractivity contribution is 0.253. The zero-order valence-electron chi connectivity index (χ0n) is 11.9. The van der Waals surface area contributed by atoms with Crippen molar-refractivity contribution in [2.24, 2.45) is 11.8 Å². The van der Waals surface area contributed by atoms with Crippen LogP contribution in [0.25, 0.3) is 0 Å². The number of anilines is 2. The maximum Gasteiger partial charge on any atom is 0.224 e. The Balaban J connectivity index is 2.14. The van der Waals surface area contributed by atoms with E-state index < -0.39 is 0 Å². The monoisotopic (exact) mass is 326 g/mol. The van der Waals surface area contributed by atoms with Crippen LogP contribution in [0.1, 0.15) is 39.5 Å². The molecule has 1 aliphatic rings. The fourth-order valence-corrected chi connectivity index (χ4v) is 3.21. The summed E-state index contributed by atoms with van der Waals surface area (Å²) in [6.07, 6.45) is 7.01. The Labute approximate surface area is 123 Å². The lowest BCUT2D eigenvalue weighted by atomic mass is 9.78. The van der Waals surface area contributed by atoms with Gasteiger partial charge in [0, 0.05) is 19.3 Å². The molecule has 0 amide bonds. The van der Waals surface area contributed by atoms with Crippen molar-refractivity contribution < 1.29 is 0 Å². The molecule has 106 valence electrons. The molecule has 1 aliphatic carbocycles. The molecule has 0 aliphatic heterocycles. The fourth-order valence-electron chi connectivity index (χ4n) is 2.90. The average molecular weight is 327 g/mol. The molecule has 0 bridgehead atoms. The highest BCUT2D eigenvalue weighted by molar-refractivity contribution is 9.10. The minimum absolute atomic E-state index is 0.518. The van der Waals surface area contributed by atoms with Crippen LogP contribution in [-0.2, 0) is 0 Å².